The van der Waals surface area contributed by atoms with Gasteiger partial charge in [0.1, 0.15) is 5.75 Å². The molecule has 2 aromatic heterocycles. The Hall–Kier alpha value is -3.41. The van der Waals surface area contributed by atoms with Crippen LogP contribution >= 0.6 is 0 Å². The number of benzene rings is 2. The van der Waals surface area contributed by atoms with Gasteiger partial charge in [0.2, 0.25) is 11.8 Å². The Morgan fingerprint density at radius 3 is 2.54 bits per heavy atom. The molecule has 0 bridgehead atoms. The maximum Gasteiger partial charge on any atom is 0.240 e. The molecular weight excluding hydrogens is 302 g/mol. The Balaban J connectivity index is 1.50. The van der Waals surface area contributed by atoms with Gasteiger partial charge in [-0.15, -0.1) is 0 Å². The van der Waals surface area contributed by atoms with E-state index in [4.69, 9.17) is 4.74 Å². The van der Waals surface area contributed by atoms with Crippen molar-refractivity contribution in [2.45, 2.75) is 6.92 Å². The minimum atomic E-state index is 0.510. The number of aromatic nitrogens is 4. The third-order valence-corrected chi connectivity index (χ3v) is 3.56. The van der Waals surface area contributed by atoms with E-state index in [0.717, 1.165) is 22.4 Å². The normalized spacial score (nSPS) is 10.7. The fraction of sp³-hybridized carbons (Fsp3) is 0.0556. The molecule has 0 amide bonds. The van der Waals surface area contributed by atoms with Crippen molar-refractivity contribution in [1.82, 2.24) is 19.9 Å². The first kappa shape index (κ1) is 14.2. The van der Waals surface area contributed by atoms with Crippen LogP contribution in [-0.2, 0) is 0 Å². The maximum atomic E-state index is 5.74. The lowest BCUT2D eigenvalue weighted by Gasteiger charge is -2.07. The molecule has 0 atom stereocenters. The molecule has 6 nitrogen and oxygen atoms in total. The van der Waals surface area contributed by atoms with E-state index in [0.29, 0.717) is 17.6 Å². The number of fused-ring (bicyclic) bond motifs is 1. The largest absolute Gasteiger partial charge is 0.437 e. The van der Waals surface area contributed by atoms with Gasteiger partial charge in [-0.25, -0.2) is 9.97 Å². The number of anilines is 2. The molecule has 0 saturated heterocycles. The van der Waals surface area contributed by atoms with Crippen molar-refractivity contribution in [1.29, 1.82) is 0 Å². The lowest BCUT2D eigenvalue weighted by molar-refractivity contribution is 0.455. The van der Waals surface area contributed by atoms with Crippen LogP contribution in [0.2, 0.25) is 0 Å². The number of ether oxygens (including phenoxy) is 1. The first-order valence-corrected chi connectivity index (χ1v) is 7.55. The highest BCUT2D eigenvalue weighted by Gasteiger charge is 2.05. The van der Waals surface area contributed by atoms with Crippen LogP contribution < -0.4 is 10.1 Å². The zero-order chi connectivity index (χ0) is 16.4. The van der Waals surface area contributed by atoms with Crippen molar-refractivity contribution in [3.8, 4) is 11.6 Å². The second-order valence-electron chi connectivity index (χ2n) is 5.30. The number of rotatable bonds is 4. The Labute approximate surface area is 138 Å². The fourth-order valence-electron chi connectivity index (χ4n) is 2.36. The zero-order valence-electron chi connectivity index (χ0n) is 13.0. The lowest BCUT2D eigenvalue weighted by Crippen LogP contribution is -1.94. The van der Waals surface area contributed by atoms with Crippen LogP contribution in [0.3, 0.4) is 0 Å². The number of nitrogens with one attached hydrogen (secondary N) is 2. The van der Waals surface area contributed by atoms with Crippen molar-refractivity contribution < 1.29 is 4.74 Å². The molecule has 6 heteroatoms. The molecular formula is C18H15N5O. The van der Waals surface area contributed by atoms with Gasteiger partial charge in [-0.2, -0.15) is 0 Å². The number of hydrogen-bond acceptors (Lipinski definition) is 5. The molecule has 4 aromatic rings. The predicted octanol–water partition coefficient (Wildman–Crippen LogP) is 4.20. The third kappa shape index (κ3) is 2.89. The van der Waals surface area contributed by atoms with Gasteiger partial charge in [-0.05, 0) is 43.3 Å². The Bertz CT molecular complexity index is 945. The Morgan fingerprint density at radius 2 is 1.75 bits per heavy atom. The van der Waals surface area contributed by atoms with E-state index in [1.165, 1.54) is 0 Å². The van der Waals surface area contributed by atoms with Crippen molar-refractivity contribution in [3.63, 3.8) is 0 Å². The van der Waals surface area contributed by atoms with Crippen LogP contribution in [0.25, 0.3) is 11.0 Å². The van der Waals surface area contributed by atoms with Gasteiger partial charge in [0.05, 0.1) is 16.7 Å². The van der Waals surface area contributed by atoms with Gasteiger partial charge >= 0.3 is 0 Å². The van der Waals surface area contributed by atoms with Crippen molar-refractivity contribution in [2.24, 2.45) is 0 Å². The van der Waals surface area contributed by atoms with Crippen LogP contribution in [0.4, 0.5) is 11.6 Å². The van der Waals surface area contributed by atoms with Crippen molar-refractivity contribution >= 4 is 22.7 Å². The highest BCUT2D eigenvalue weighted by Crippen LogP contribution is 2.24. The molecule has 0 saturated carbocycles. The molecule has 0 aliphatic rings. The van der Waals surface area contributed by atoms with Crippen molar-refractivity contribution in [3.05, 3.63) is 66.6 Å². The summed E-state index contributed by atoms with van der Waals surface area (Å²) < 4.78 is 5.74. The highest BCUT2D eigenvalue weighted by atomic mass is 16.5. The van der Waals surface area contributed by atoms with Gasteiger partial charge in [0, 0.05) is 18.1 Å². The Morgan fingerprint density at radius 1 is 0.958 bits per heavy atom. The highest BCUT2D eigenvalue weighted by molar-refractivity contribution is 5.78. The number of aryl methyl sites for hydroxylation is 1. The van der Waals surface area contributed by atoms with Gasteiger partial charge in [0.15, 0.2) is 0 Å². The standard InChI is InChI=1S/C18H15N5O/c1-12-17(20-11-10-19-12)24-14-8-6-13(7-9-14)21-18-22-15-4-2-3-5-16(15)23-18/h2-11H,1H3,(H2,21,22,23). The van der Waals surface area contributed by atoms with E-state index in [-0.39, 0.29) is 0 Å². The molecule has 118 valence electrons. The summed E-state index contributed by atoms with van der Waals surface area (Å²) >= 11 is 0. The summed E-state index contributed by atoms with van der Waals surface area (Å²) in [6.45, 7) is 1.86. The number of hydrogen-bond donors (Lipinski definition) is 2. The van der Waals surface area contributed by atoms with Crippen LogP contribution in [-0.4, -0.2) is 19.9 Å². The van der Waals surface area contributed by atoms with E-state index < -0.39 is 0 Å². The molecule has 0 aliphatic heterocycles. The monoisotopic (exact) mass is 317 g/mol. The summed E-state index contributed by atoms with van der Waals surface area (Å²) in [6.07, 6.45) is 3.25. The average Bonchev–Trinajstić information content (AvgIpc) is 3.01. The molecule has 0 spiro atoms. The summed E-state index contributed by atoms with van der Waals surface area (Å²) in [7, 11) is 0. The van der Waals surface area contributed by atoms with Gasteiger partial charge in [0.25, 0.3) is 0 Å². The molecule has 4 rings (SSSR count). The van der Waals surface area contributed by atoms with E-state index in [1.807, 2.05) is 55.5 Å². The molecule has 0 aliphatic carbocycles. The number of nitrogens with zero attached hydrogens (tertiary/aromatic N) is 3. The fourth-order valence-corrected chi connectivity index (χ4v) is 2.36. The minimum Gasteiger partial charge on any atom is -0.437 e. The van der Waals surface area contributed by atoms with Crippen LogP contribution in [0.15, 0.2) is 60.9 Å². The van der Waals surface area contributed by atoms with Crippen LogP contribution in [0, 0.1) is 6.92 Å². The van der Waals surface area contributed by atoms with Gasteiger partial charge in [-0.1, -0.05) is 12.1 Å². The predicted molar refractivity (Wildman–Crippen MR) is 92.7 cm³/mol. The summed E-state index contributed by atoms with van der Waals surface area (Å²) in [5.41, 5.74) is 3.59. The van der Waals surface area contributed by atoms with Gasteiger partial charge < -0.3 is 15.0 Å². The molecule has 2 heterocycles. The molecule has 2 aromatic carbocycles. The number of para-hydroxylation sites is 2. The lowest BCUT2D eigenvalue weighted by atomic mass is 10.3. The molecule has 0 unspecified atom stereocenters. The number of H-pyrrole nitrogens is 1. The van der Waals surface area contributed by atoms with E-state index in [9.17, 15) is 0 Å². The minimum absolute atomic E-state index is 0.510. The molecule has 2 N–H and O–H groups in total. The van der Waals surface area contributed by atoms with Crippen LogP contribution in [0.1, 0.15) is 5.69 Å². The zero-order valence-corrected chi connectivity index (χ0v) is 13.0. The maximum absolute atomic E-state index is 5.74. The second-order valence-corrected chi connectivity index (χ2v) is 5.30. The summed E-state index contributed by atoms with van der Waals surface area (Å²) in [5, 5.41) is 3.25. The average molecular weight is 317 g/mol. The summed E-state index contributed by atoms with van der Waals surface area (Å²) in [6, 6.07) is 15.5. The summed E-state index contributed by atoms with van der Waals surface area (Å²) in [4.78, 5) is 16.1. The first-order valence-electron chi connectivity index (χ1n) is 7.55. The SMILES string of the molecule is Cc1nccnc1Oc1ccc(Nc2nc3ccccc3[nH]2)cc1. The van der Waals surface area contributed by atoms with E-state index in [1.54, 1.807) is 12.4 Å². The third-order valence-electron chi connectivity index (χ3n) is 3.56. The smallest absolute Gasteiger partial charge is 0.240 e. The van der Waals surface area contributed by atoms with Crippen LogP contribution in [0.5, 0.6) is 11.6 Å². The van der Waals surface area contributed by atoms with Gasteiger partial charge in [-0.3, -0.25) is 4.98 Å². The quantitative estimate of drug-likeness (QED) is 0.590. The van der Waals surface area contributed by atoms with Crippen molar-refractivity contribution in [2.75, 3.05) is 5.32 Å². The number of imidazole rings is 1. The first-order chi connectivity index (χ1) is 11.8. The van der Waals surface area contributed by atoms with E-state index in [2.05, 4.69) is 25.3 Å². The Kier molecular flexibility index (Phi) is 3.55. The summed E-state index contributed by atoms with van der Waals surface area (Å²) in [5.74, 6) is 1.92. The molecule has 0 fully saturated rings. The topological polar surface area (TPSA) is 75.7 Å². The molecule has 24 heavy (non-hydrogen) atoms. The van der Waals surface area contributed by atoms with E-state index >= 15 is 0 Å². The second kappa shape index (κ2) is 6.00. The number of aromatic amines is 1. The molecule has 0 radical (unpaired) electrons.